The first-order valence-corrected chi connectivity index (χ1v) is 8.64. The third kappa shape index (κ3) is 4.59. The number of carbonyl (C=O) groups excluding carboxylic acids is 1. The first kappa shape index (κ1) is 18.3. The number of nitrogens with one attached hydrogen (secondary N) is 2. The van der Waals surface area contributed by atoms with Crippen molar-refractivity contribution in [3.63, 3.8) is 0 Å². The topological polar surface area (TPSA) is 79.4 Å². The zero-order valence-electron chi connectivity index (χ0n) is 14.0. The van der Waals surface area contributed by atoms with E-state index in [-0.39, 0.29) is 17.1 Å². The molecule has 0 spiro atoms. The van der Waals surface area contributed by atoms with Gasteiger partial charge in [-0.3, -0.25) is 4.79 Å². The smallest absolute Gasteiger partial charge is 0.255 e. The van der Waals surface area contributed by atoms with Crippen LogP contribution in [0.4, 0.5) is 15.9 Å². The summed E-state index contributed by atoms with van der Waals surface area (Å²) >= 11 is 5.88. The number of carbonyl (C=O) groups is 1. The lowest BCUT2D eigenvalue weighted by Crippen LogP contribution is -2.36. The predicted molar refractivity (Wildman–Crippen MR) is 97.3 cm³/mol. The minimum Gasteiger partial charge on any atom is -0.378 e. The summed E-state index contributed by atoms with van der Waals surface area (Å²) in [6.07, 6.45) is 1.71. The van der Waals surface area contributed by atoms with E-state index in [2.05, 4.69) is 25.7 Å². The van der Waals surface area contributed by atoms with E-state index in [1.807, 2.05) is 6.07 Å². The van der Waals surface area contributed by atoms with Gasteiger partial charge in [0.05, 0.1) is 35.7 Å². The van der Waals surface area contributed by atoms with E-state index in [4.69, 9.17) is 16.3 Å². The van der Waals surface area contributed by atoms with Crippen LogP contribution in [-0.2, 0) is 4.74 Å². The average Bonchev–Trinajstić information content (AvgIpc) is 2.66. The number of amides is 1. The number of rotatable bonds is 6. The van der Waals surface area contributed by atoms with Crippen molar-refractivity contribution < 1.29 is 13.9 Å². The fraction of sp³-hybridized carbons (Fsp3) is 0.353. The van der Waals surface area contributed by atoms with Crippen LogP contribution in [0.1, 0.15) is 10.4 Å². The van der Waals surface area contributed by atoms with Crippen molar-refractivity contribution in [1.82, 2.24) is 15.5 Å². The molecular weight excluding hydrogens is 361 g/mol. The minimum absolute atomic E-state index is 0.0829. The van der Waals surface area contributed by atoms with Crippen molar-refractivity contribution in [3.05, 3.63) is 46.9 Å². The number of halogens is 2. The van der Waals surface area contributed by atoms with Crippen LogP contribution in [0.2, 0.25) is 5.02 Å². The molecule has 1 aliphatic heterocycles. The van der Waals surface area contributed by atoms with Gasteiger partial charge < -0.3 is 20.3 Å². The molecule has 9 heteroatoms. The second kappa shape index (κ2) is 8.77. The van der Waals surface area contributed by atoms with Gasteiger partial charge in [-0.05, 0) is 12.1 Å². The van der Waals surface area contributed by atoms with Gasteiger partial charge in [0.2, 0.25) is 0 Å². The lowest BCUT2D eigenvalue weighted by molar-refractivity contribution is 0.0951. The molecule has 1 fully saturated rings. The summed E-state index contributed by atoms with van der Waals surface area (Å²) in [4.78, 5) is 14.2. The predicted octanol–water partition coefficient (Wildman–Crippen LogP) is 1.95. The normalized spacial score (nSPS) is 14.2. The van der Waals surface area contributed by atoms with E-state index >= 15 is 0 Å². The van der Waals surface area contributed by atoms with Crippen LogP contribution >= 0.6 is 11.6 Å². The van der Waals surface area contributed by atoms with E-state index < -0.39 is 11.7 Å². The largest absolute Gasteiger partial charge is 0.378 e. The second-order valence-corrected chi connectivity index (χ2v) is 6.08. The first-order chi connectivity index (χ1) is 12.6. The zero-order chi connectivity index (χ0) is 18.4. The Hall–Kier alpha value is -2.45. The number of hydrogen-bond acceptors (Lipinski definition) is 6. The Kier molecular flexibility index (Phi) is 6.19. The summed E-state index contributed by atoms with van der Waals surface area (Å²) in [7, 11) is 0. The van der Waals surface area contributed by atoms with Crippen molar-refractivity contribution in [3.8, 4) is 0 Å². The molecule has 0 radical (unpaired) electrons. The van der Waals surface area contributed by atoms with Crippen LogP contribution in [0.15, 0.2) is 30.5 Å². The molecule has 2 heterocycles. The van der Waals surface area contributed by atoms with E-state index in [1.54, 1.807) is 6.20 Å². The SMILES string of the molecule is O=C(NCCNc1cc(N2CCOCC2)cnn1)c1c(F)cccc1Cl. The number of anilines is 2. The van der Waals surface area contributed by atoms with Crippen molar-refractivity contribution >= 4 is 29.0 Å². The Bertz CT molecular complexity index is 750. The Balaban J connectivity index is 1.50. The van der Waals surface area contributed by atoms with E-state index in [1.165, 1.54) is 18.2 Å². The molecule has 0 aliphatic carbocycles. The molecule has 1 aliphatic rings. The highest BCUT2D eigenvalue weighted by atomic mass is 35.5. The third-order valence-electron chi connectivity index (χ3n) is 3.92. The summed E-state index contributed by atoms with van der Waals surface area (Å²) in [6, 6.07) is 6.03. The van der Waals surface area contributed by atoms with E-state index in [0.29, 0.717) is 25.6 Å². The monoisotopic (exact) mass is 379 g/mol. The number of aromatic nitrogens is 2. The summed E-state index contributed by atoms with van der Waals surface area (Å²) in [5, 5.41) is 13.8. The maximum Gasteiger partial charge on any atom is 0.255 e. The van der Waals surface area contributed by atoms with Gasteiger partial charge >= 0.3 is 0 Å². The zero-order valence-corrected chi connectivity index (χ0v) is 14.8. The van der Waals surface area contributed by atoms with Crippen LogP contribution < -0.4 is 15.5 Å². The number of ether oxygens (including phenoxy) is 1. The Morgan fingerprint density at radius 2 is 2.12 bits per heavy atom. The average molecular weight is 380 g/mol. The van der Waals surface area contributed by atoms with Crippen LogP contribution in [-0.4, -0.2) is 55.5 Å². The van der Waals surface area contributed by atoms with E-state index in [9.17, 15) is 9.18 Å². The van der Waals surface area contributed by atoms with Crippen LogP contribution in [0.3, 0.4) is 0 Å². The summed E-state index contributed by atoms with van der Waals surface area (Å²) in [5.74, 6) is -0.595. The second-order valence-electron chi connectivity index (χ2n) is 5.68. The molecule has 1 aromatic carbocycles. The minimum atomic E-state index is -0.646. The van der Waals surface area contributed by atoms with Crippen LogP contribution in [0.25, 0.3) is 0 Å². The number of nitrogens with zero attached hydrogens (tertiary/aromatic N) is 3. The fourth-order valence-electron chi connectivity index (χ4n) is 2.61. The van der Waals surface area contributed by atoms with Gasteiger partial charge in [-0.25, -0.2) is 4.39 Å². The summed E-state index contributed by atoms with van der Waals surface area (Å²) < 4.78 is 19.0. The molecule has 0 unspecified atom stereocenters. The lowest BCUT2D eigenvalue weighted by Gasteiger charge is -2.28. The number of benzene rings is 1. The maximum absolute atomic E-state index is 13.7. The van der Waals surface area contributed by atoms with Crippen molar-refractivity contribution in [1.29, 1.82) is 0 Å². The molecular formula is C17H19ClFN5O2. The Labute approximate surface area is 155 Å². The van der Waals surface area contributed by atoms with Gasteiger partial charge in [0.25, 0.3) is 5.91 Å². The van der Waals surface area contributed by atoms with Crippen molar-refractivity contribution in [2.24, 2.45) is 0 Å². The summed E-state index contributed by atoms with van der Waals surface area (Å²) in [5.41, 5.74) is 0.816. The lowest BCUT2D eigenvalue weighted by atomic mass is 10.2. The van der Waals surface area contributed by atoms with Crippen molar-refractivity contribution in [2.75, 3.05) is 49.6 Å². The van der Waals surface area contributed by atoms with Gasteiger partial charge in [-0.15, -0.1) is 5.10 Å². The summed E-state index contributed by atoms with van der Waals surface area (Å²) in [6.45, 7) is 3.70. The molecule has 2 N–H and O–H groups in total. The van der Waals surface area contributed by atoms with Gasteiger partial charge in [0, 0.05) is 32.2 Å². The van der Waals surface area contributed by atoms with Gasteiger partial charge in [0.15, 0.2) is 5.82 Å². The standard InChI is InChI=1S/C17H19ClFN5O2/c18-13-2-1-3-14(19)16(13)17(25)21-5-4-20-15-10-12(11-22-23-15)24-6-8-26-9-7-24/h1-3,10-11H,4-9H2,(H,20,23)(H,21,25). The molecule has 3 rings (SSSR count). The third-order valence-corrected chi connectivity index (χ3v) is 4.24. The van der Waals surface area contributed by atoms with Gasteiger partial charge in [-0.2, -0.15) is 5.10 Å². The maximum atomic E-state index is 13.7. The van der Waals surface area contributed by atoms with Crippen LogP contribution in [0, 0.1) is 5.82 Å². The molecule has 1 saturated heterocycles. The Morgan fingerprint density at radius 3 is 2.88 bits per heavy atom. The van der Waals surface area contributed by atoms with E-state index in [0.717, 1.165) is 18.8 Å². The molecule has 26 heavy (non-hydrogen) atoms. The Morgan fingerprint density at radius 1 is 1.31 bits per heavy atom. The highest BCUT2D eigenvalue weighted by Crippen LogP contribution is 2.19. The molecule has 0 atom stereocenters. The molecule has 0 bridgehead atoms. The molecule has 2 aromatic rings. The number of morpholine rings is 1. The molecule has 138 valence electrons. The quantitative estimate of drug-likeness (QED) is 0.747. The molecule has 7 nitrogen and oxygen atoms in total. The molecule has 1 aromatic heterocycles. The fourth-order valence-corrected chi connectivity index (χ4v) is 2.86. The van der Waals surface area contributed by atoms with Gasteiger partial charge in [-0.1, -0.05) is 17.7 Å². The highest BCUT2D eigenvalue weighted by molar-refractivity contribution is 6.33. The van der Waals surface area contributed by atoms with Crippen LogP contribution in [0.5, 0.6) is 0 Å². The highest BCUT2D eigenvalue weighted by Gasteiger charge is 2.15. The van der Waals surface area contributed by atoms with Gasteiger partial charge in [0.1, 0.15) is 5.82 Å². The molecule has 1 amide bonds. The van der Waals surface area contributed by atoms with Crippen molar-refractivity contribution in [2.45, 2.75) is 0 Å². The molecule has 0 saturated carbocycles. The first-order valence-electron chi connectivity index (χ1n) is 8.26. The number of hydrogen-bond donors (Lipinski definition) is 2.